The lowest BCUT2D eigenvalue weighted by molar-refractivity contribution is -0.128. The van der Waals surface area contributed by atoms with Gasteiger partial charge in [-0.3, -0.25) is 4.79 Å². The zero-order valence-corrected chi connectivity index (χ0v) is 24.1. The molecule has 2 aromatic heterocycles. The molecule has 1 fully saturated rings. The van der Waals surface area contributed by atoms with E-state index in [1.54, 1.807) is 17.2 Å². The monoisotopic (exact) mass is 594 g/mol. The fraction of sp³-hybridized carbons (Fsp3) is 0.300. The number of carbonyl (C=O) groups excluding carboxylic acids is 1. The SMILES string of the molecule is C=CC(=O)N1C[C@H](C)N(c2nc(OCCc3nccc(C)n3)nc3c(F)c(-c4c(O)cccc4F)c(Cl)cc23)C[C@H]1C. The molecule has 0 aliphatic carbocycles. The van der Waals surface area contributed by atoms with Crippen molar-refractivity contribution in [2.75, 3.05) is 24.6 Å². The van der Waals surface area contributed by atoms with Crippen molar-refractivity contribution in [2.45, 2.75) is 39.3 Å². The second-order valence-electron chi connectivity index (χ2n) is 10.2. The van der Waals surface area contributed by atoms with Gasteiger partial charge in [0.05, 0.1) is 17.2 Å². The summed E-state index contributed by atoms with van der Waals surface area (Å²) in [7, 11) is 0. The number of nitrogens with zero attached hydrogens (tertiary/aromatic N) is 6. The van der Waals surface area contributed by atoms with Crippen LogP contribution in [0.15, 0.2) is 49.2 Å². The van der Waals surface area contributed by atoms with Crippen molar-refractivity contribution in [3.05, 3.63) is 77.4 Å². The number of halogens is 3. The Kier molecular flexibility index (Phi) is 8.22. The van der Waals surface area contributed by atoms with E-state index in [-0.39, 0.29) is 57.7 Å². The van der Waals surface area contributed by atoms with Crippen LogP contribution in [0, 0.1) is 18.6 Å². The molecule has 5 rings (SSSR count). The number of aromatic nitrogens is 4. The van der Waals surface area contributed by atoms with Gasteiger partial charge in [0, 0.05) is 54.4 Å². The Morgan fingerprint density at radius 1 is 1.17 bits per heavy atom. The van der Waals surface area contributed by atoms with Crippen LogP contribution in [0.1, 0.15) is 25.4 Å². The Labute approximate surface area is 246 Å². The van der Waals surface area contributed by atoms with Gasteiger partial charge in [0.15, 0.2) is 5.82 Å². The number of amides is 1. The molecule has 0 spiro atoms. The molecule has 3 heterocycles. The summed E-state index contributed by atoms with van der Waals surface area (Å²) in [4.78, 5) is 33.7. The molecule has 42 heavy (non-hydrogen) atoms. The van der Waals surface area contributed by atoms with E-state index in [2.05, 4.69) is 26.5 Å². The second-order valence-corrected chi connectivity index (χ2v) is 10.6. The average Bonchev–Trinajstić information content (AvgIpc) is 2.95. The molecule has 2 aromatic carbocycles. The zero-order valence-electron chi connectivity index (χ0n) is 23.3. The topological polar surface area (TPSA) is 105 Å². The van der Waals surface area contributed by atoms with Crippen molar-refractivity contribution in [3.63, 3.8) is 0 Å². The van der Waals surface area contributed by atoms with E-state index in [1.807, 2.05) is 25.7 Å². The fourth-order valence-corrected chi connectivity index (χ4v) is 5.42. The molecule has 2 atom stereocenters. The number of aryl methyl sites for hydroxylation is 1. The van der Waals surface area contributed by atoms with Gasteiger partial charge in [-0.15, -0.1) is 0 Å². The summed E-state index contributed by atoms with van der Waals surface area (Å²) in [6, 6.07) is 6.35. The van der Waals surface area contributed by atoms with Gasteiger partial charge < -0.3 is 19.6 Å². The second kappa shape index (κ2) is 11.8. The molecule has 12 heteroatoms. The highest BCUT2D eigenvalue weighted by Gasteiger charge is 2.34. The summed E-state index contributed by atoms with van der Waals surface area (Å²) >= 11 is 6.55. The first-order valence-electron chi connectivity index (χ1n) is 13.4. The smallest absolute Gasteiger partial charge is 0.319 e. The number of phenols is 1. The van der Waals surface area contributed by atoms with Crippen LogP contribution in [0.2, 0.25) is 5.02 Å². The van der Waals surface area contributed by atoms with E-state index in [0.29, 0.717) is 31.2 Å². The number of phenolic OH excluding ortho intramolecular Hbond substituents is 1. The molecule has 0 saturated carbocycles. The molecule has 9 nitrogen and oxygen atoms in total. The number of piperazine rings is 1. The molecule has 0 bridgehead atoms. The van der Waals surface area contributed by atoms with Gasteiger partial charge in [0.2, 0.25) is 5.91 Å². The van der Waals surface area contributed by atoms with E-state index in [9.17, 15) is 14.3 Å². The maximum Gasteiger partial charge on any atom is 0.319 e. The van der Waals surface area contributed by atoms with Crippen LogP contribution in [0.5, 0.6) is 11.8 Å². The molecule has 218 valence electrons. The lowest BCUT2D eigenvalue weighted by atomic mass is 10.0. The van der Waals surface area contributed by atoms with Crippen LogP contribution in [0.25, 0.3) is 22.0 Å². The number of aromatic hydroxyl groups is 1. The molecule has 0 radical (unpaired) electrons. The molecule has 1 N–H and O–H groups in total. The number of anilines is 1. The Morgan fingerprint density at radius 3 is 2.67 bits per heavy atom. The minimum atomic E-state index is -0.936. The van der Waals surface area contributed by atoms with E-state index in [1.165, 1.54) is 24.3 Å². The molecule has 1 saturated heterocycles. The van der Waals surface area contributed by atoms with Gasteiger partial charge >= 0.3 is 6.01 Å². The number of carbonyl (C=O) groups is 1. The summed E-state index contributed by atoms with van der Waals surface area (Å²) in [6.07, 6.45) is 3.28. The van der Waals surface area contributed by atoms with Gasteiger partial charge in [-0.2, -0.15) is 9.97 Å². The van der Waals surface area contributed by atoms with Crippen molar-refractivity contribution in [1.82, 2.24) is 24.8 Å². The highest BCUT2D eigenvalue weighted by atomic mass is 35.5. The number of benzene rings is 2. The number of rotatable bonds is 7. The predicted molar refractivity (Wildman–Crippen MR) is 156 cm³/mol. The van der Waals surface area contributed by atoms with E-state index < -0.39 is 17.4 Å². The van der Waals surface area contributed by atoms with Crippen LogP contribution in [0.4, 0.5) is 14.6 Å². The molecular weight excluding hydrogens is 566 g/mol. The molecule has 1 amide bonds. The molecule has 1 aliphatic rings. The third-order valence-electron chi connectivity index (χ3n) is 7.20. The van der Waals surface area contributed by atoms with E-state index in [4.69, 9.17) is 16.3 Å². The summed E-state index contributed by atoms with van der Waals surface area (Å²) in [5.41, 5.74) is -0.0522. The number of ether oxygens (including phenoxy) is 1. The minimum absolute atomic E-state index is 0.109. The summed E-state index contributed by atoms with van der Waals surface area (Å²) in [6.45, 7) is 10.1. The van der Waals surface area contributed by atoms with Crippen molar-refractivity contribution in [1.29, 1.82) is 0 Å². The molecule has 0 unspecified atom stereocenters. The third kappa shape index (κ3) is 5.56. The Hall–Kier alpha value is -4.38. The van der Waals surface area contributed by atoms with Crippen molar-refractivity contribution >= 4 is 34.2 Å². The van der Waals surface area contributed by atoms with Gasteiger partial charge in [-0.25, -0.2) is 18.7 Å². The highest BCUT2D eigenvalue weighted by Crippen LogP contribution is 2.43. The van der Waals surface area contributed by atoms with Crippen LogP contribution in [-0.2, 0) is 11.2 Å². The van der Waals surface area contributed by atoms with Crippen molar-refractivity contribution in [3.8, 4) is 22.9 Å². The maximum absolute atomic E-state index is 16.3. The number of hydrogen-bond acceptors (Lipinski definition) is 8. The summed E-state index contributed by atoms with van der Waals surface area (Å²) in [5, 5.41) is 10.5. The van der Waals surface area contributed by atoms with Crippen LogP contribution >= 0.6 is 11.6 Å². The highest BCUT2D eigenvalue weighted by molar-refractivity contribution is 6.34. The van der Waals surface area contributed by atoms with Crippen LogP contribution < -0.4 is 9.64 Å². The molecular formula is C30H29ClF2N6O3. The van der Waals surface area contributed by atoms with Gasteiger partial charge in [-0.1, -0.05) is 24.2 Å². The van der Waals surface area contributed by atoms with E-state index >= 15 is 4.39 Å². The number of hydrogen-bond donors (Lipinski definition) is 1. The summed E-state index contributed by atoms with van der Waals surface area (Å²) in [5.74, 6) is -1.52. The Balaban J connectivity index is 1.61. The number of fused-ring (bicyclic) bond motifs is 1. The summed E-state index contributed by atoms with van der Waals surface area (Å²) < 4.78 is 37.0. The average molecular weight is 595 g/mol. The third-order valence-corrected chi connectivity index (χ3v) is 7.50. The van der Waals surface area contributed by atoms with Crippen LogP contribution in [0.3, 0.4) is 0 Å². The van der Waals surface area contributed by atoms with Crippen molar-refractivity contribution < 1.29 is 23.4 Å². The lowest BCUT2D eigenvalue weighted by Gasteiger charge is -2.44. The maximum atomic E-state index is 16.3. The van der Waals surface area contributed by atoms with Crippen LogP contribution in [-0.4, -0.2) is 67.6 Å². The largest absolute Gasteiger partial charge is 0.507 e. The Morgan fingerprint density at radius 2 is 1.95 bits per heavy atom. The molecule has 4 aromatic rings. The van der Waals surface area contributed by atoms with E-state index in [0.717, 1.165) is 11.8 Å². The van der Waals surface area contributed by atoms with Gasteiger partial charge in [-0.05, 0) is 51.1 Å². The normalized spacial score (nSPS) is 17.0. The Bertz CT molecular complexity index is 1670. The van der Waals surface area contributed by atoms with Gasteiger partial charge in [0.25, 0.3) is 0 Å². The van der Waals surface area contributed by atoms with Gasteiger partial charge in [0.1, 0.15) is 28.7 Å². The predicted octanol–water partition coefficient (Wildman–Crippen LogP) is 5.27. The molecule has 1 aliphatic heterocycles. The fourth-order valence-electron chi connectivity index (χ4n) is 5.13. The first-order valence-corrected chi connectivity index (χ1v) is 13.8. The quantitative estimate of drug-likeness (QED) is 0.289. The first-order chi connectivity index (χ1) is 20.1. The standard InChI is InChI=1S/C30H29ClF2N6O3/c1-5-24(41)38-14-18(4)39(15-17(38)3)29-19-13-20(31)25(26-21(32)7-6-8-22(26)40)27(33)28(19)36-30(37-29)42-12-10-23-34-11-9-16(2)35-23/h5-9,11,13,17-18,40H,1,10,12,14-15H2,2-4H3/t17-,18+/m1/s1. The zero-order chi connectivity index (χ0) is 30.1. The minimum Gasteiger partial charge on any atom is -0.507 e. The first kappa shape index (κ1) is 29.1. The lowest BCUT2D eigenvalue weighted by Crippen LogP contribution is -2.58. The van der Waals surface area contributed by atoms with Crippen molar-refractivity contribution in [2.24, 2.45) is 0 Å².